The van der Waals surface area contributed by atoms with Gasteiger partial charge >= 0.3 is 0 Å². The summed E-state index contributed by atoms with van der Waals surface area (Å²) in [5.74, 6) is 1.06. The van der Waals surface area contributed by atoms with E-state index in [0.29, 0.717) is 13.1 Å². The van der Waals surface area contributed by atoms with Crippen LogP contribution in [0.25, 0.3) is 11.0 Å². The molecule has 0 saturated heterocycles. The Labute approximate surface area is 107 Å². The van der Waals surface area contributed by atoms with Gasteiger partial charge in [-0.3, -0.25) is 4.79 Å². The lowest BCUT2D eigenvalue weighted by molar-refractivity contribution is -0.128. The predicted molar refractivity (Wildman–Crippen MR) is 70.4 cm³/mol. The van der Waals surface area contributed by atoms with E-state index in [9.17, 15) is 4.79 Å². The minimum absolute atomic E-state index is 0.508. The van der Waals surface area contributed by atoms with Crippen molar-refractivity contribution in [1.82, 2.24) is 0 Å². The van der Waals surface area contributed by atoms with Crippen molar-refractivity contribution >= 4 is 17.4 Å². The number of aryl methyl sites for hydroxylation is 1. The Morgan fingerprint density at radius 2 is 1.94 bits per heavy atom. The predicted octanol–water partition coefficient (Wildman–Crippen LogP) is 3.71. The van der Waals surface area contributed by atoms with Gasteiger partial charge in [0.1, 0.15) is 11.3 Å². The maximum atomic E-state index is 9.93. The normalized spacial score (nSPS) is 10.7. The van der Waals surface area contributed by atoms with E-state index in [1.165, 1.54) is 5.39 Å². The fraction of sp³-hybridized carbons (Fsp3) is 0.400. The van der Waals surface area contributed by atoms with Crippen molar-refractivity contribution in [3.8, 4) is 0 Å². The molecule has 0 unspecified atom stereocenters. The van der Waals surface area contributed by atoms with Crippen LogP contribution < -0.4 is 0 Å². The Kier molecular flexibility index (Phi) is 4.82. The first-order valence-corrected chi connectivity index (χ1v) is 6.43. The number of unbranched alkanes of at least 4 members (excludes halogenated alkanes) is 3. The second-order valence-electron chi connectivity index (χ2n) is 4.38. The second-order valence-corrected chi connectivity index (χ2v) is 4.38. The smallest absolute Gasteiger partial charge is 0.293 e. The average molecular weight is 246 g/mol. The van der Waals surface area contributed by atoms with Crippen molar-refractivity contribution in [2.75, 3.05) is 6.61 Å². The minimum atomic E-state index is 0.508. The van der Waals surface area contributed by atoms with E-state index < -0.39 is 0 Å². The SMILES string of the molecule is O=COCCCCCCc1cc2ccccc2o1. The first kappa shape index (κ1) is 12.7. The number of fused-ring (bicyclic) bond motifs is 1. The van der Waals surface area contributed by atoms with Gasteiger partial charge in [-0.15, -0.1) is 0 Å². The van der Waals surface area contributed by atoms with Gasteiger partial charge in [0.15, 0.2) is 0 Å². The Hall–Kier alpha value is -1.77. The van der Waals surface area contributed by atoms with Gasteiger partial charge in [-0.05, 0) is 25.0 Å². The Balaban J connectivity index is 1.68. The number of carbonyl (C=O) groups excluding carboxylic acids is 1. The summed E-state index contributed by atoms with van der Waals surface area (Å²) in [6, 6.07) is 10.2. The lowest BCUT2D eigenvalue weighted by Crippen LogP contribution is -1.91. The summed E-state index contributed by atoms with van der Waals surface area (Å²) >= 11 is 0. The molecule has 2 rings (SSSR count). The monoisotopic (exact) mass is 246 g/mol. The van der Waals surface area contributed by atoms with Crippen LogP contribution in [0.4, 0.5) is 0 Å². The van der Waals surface area contributed by atoms with Crippen molar-refractivity contribution in [2.45, 2.75) is 32.1 Å². The molecule has 0 aliphatic rings. The molecule has 0 N–H and O–H groups in total. The first-order valence-electron chi connectivity index (χ1n) is 6.43. The van der Waals surface area contributed by atoms with E-state index in [0.717, 1.165) is 43.4 Å². The van der Waals surface area contributed by atoms with Crippen molar-refractivity contribution in [2.24, 2.45) is 0 Å². The molecule has 0 radical (unpaired) electrons. The summed E-state index contributed by atoms with van der Waals surface area (Å²) in [6.07, 6.45) is 5.26. The van der Waals surface area contributed by atoms with Crippen molar-refractivity contribution in [3.05, 3.63) is 36.1 Å². The lowest BCUT2D eigenvalue weighted by Gasteiger charge is -1.99. The van der Waals surface area contributed by atoms with Crippen LogP contribution in [0.2, 0.25) is 0 Å². The fourth-order valence-corrected chi connectivity index (χ4v) is 2.05. The standard InChI is InChI=1S/C15H18O3/c16-12-17-10-6-2-1-3-8-14-11-13-7-4-5-9-15(13)18-14/h4-5,7,9,11-12H,1-3,6,8,10H2. The highest BCUT2D eigenvalue weighted by Crippen LogP contribution is 2.20. The minimum Gasteiger partial charge on any atom is -0.468 e. The molecule has 0 bridgehead atoms. The van der Waals surface area contributed by atoms with E-state index >= 15 is 0 Å². The van der Waals surface area contributed by atoms with E-state index in [-0.39, 0.29) is 0 Å². The molecule has 96 valence electrons. The maximum Gasteiger partial charge on any atom is 0.293 e. The zero-order valence-electron chi connectivity index (χ0n) is 10.4. The number of para-hydroxylation sites is 1. The third-order valence-electron chi connectivity index (χ3n) is 2.98. The molecule has 18 heavy (non-hydrogen) atoms. The van der Waals surface area contributed by atoms with Crippen LogP contribution in [-0.2, 0) is 16.0 Å². The van der Waals surface area contributed by atoms with E-state index in [1.54, 1.807) is 0 Å². The molecular formula is C15H18O3. The molecule has 1 heterocycles. The van der Waals surface area contributed by atoms with Crippen LogP contribution in [0, 0.1) is 0 Å². The van der Waals surface area contributed by atoms with E-state index in [1.807, 2.05) is 18.2 Å². The molecule has 0 saturated carbocycles. The van der Waals surface area contributed by atoms with Crippen molar-refractivity contribution in [3.63, 3.8) is 0 Å². The number of hydrogen-bond donors (Lipinski definition) is 0. The number of rotatable bonds is 8. The largest absolute Gasteiger partial charge is 0.468 e. The van der Waals surface area contributed by atoms with Gasteiger partial charge in [0.25, 0.3) is 6.47 Å². The number of carbonyl (C=O) groups is 1. The molecule has 1 aromatic carbocycles. The summed E-state index contributed by atoms with van der Waals surface area (Å²) in [4.78, 5) is 9.93. The number of benzene rings is 1. The molecule has 0 aliphatic carbocycles. The maximum absolute atomic E-state index is 9.93. The van der Waals surface area contributed by atoms with Gasteiger partial charge in [0.2, 0.25) is 0 Å². The highest BCUT2D eigenvalue weighted by Gasteiger charge is 2.02. The molecule has 0 amide bonds. The number of hydrogen-bond acceptors (Lipinski definition) is 3. The van der Waals surface area contributed by atoms with Crippen molar-refractivity contribution in [1.29, 1.82) is 0 Å². The van der Waals surface area contributed by atoms with E-state index in [4.69, 9.17) is 4.42 Å². The van der Waals surface area contributed by atoms with E-state index in [2.05, 4.69) is 16.9 Å². The Morgan fingerprint density at radius 1 is 1.11 bits per heavy atom. The molecule has 3 nitrogen and oxygen atoms in total. The van der Waals surface area contributed by atoms with Gasteiger partial charge in [0, 0.05) is 11.8 Å². The molecule has 0 atom stereocenters. The zero-order valence-corrected chi connectivity index (χ0v) is 10.4. The summed E-state index contributed by atoms with van der Waals surface area (Å²) in [7, 11) is 0. The van der Waals surface area contributed by atoms with Crippen LogP contribution in [0.3, 0.4) is 0 Å². The second kappa shape index (κ2) is 6.84. The topological polar surface area (TPSA) is 39.4 Å². The van der Waals surface area contributed by atoms with Crippen LogP contribution in [-0.4, -0.2) is 13.1 Å². The van der Waals surface area contributed by atoms with Crippen LogP contribution in [0.1, 0.15) is 31.4 Å². The van der Waals surface area contributed by atoms with Gasteiger partial charge in [0.05, 0.1) is 6.61 Å². The molecule has 3 heteroatoms. The third kappa shape index (κ3) is 3.62. The molecular weight excluding hydrogens is 228 g/mol. The van der Waals surface area contributed by atoms with Gasteiger partial charge in [-0.2, -0.15) is 0 Å². The van der Waals surface area contributed by atoms with Gasteiger partial charge in [-0.25, -0.2) is 0 Å². The van der Waals surface area contributed by atoms with Gasteiger partial charge in [-0.1, -0.05) is 31.0 Å². The van der Waals surface area contributed by atoms with Crippen molar-refractivity contribution < 1.29 is 13.9 Å². The third-order valence-corrected chi connectivity index (χ3v) is 2.98. The van der Waals surface area contributed by atoms with Crippen LogP contribution >= 0.6 is 0 Å². The number of ether oxygens (including phenoxy) is 1. The van der Waals surface area contributed by atoms with Crippen LogP contribution in [0.15, 0.2) is 34.7 Å². The molecule has 0 spiro atoms. The zero-order chi connectivity index (χ0) is 12.6. The summed E-state index contributed by atoms with van der Waals surface area (Å²) in [5.41, 5.74) is 0.965. The highest BCUT2D eigenvalue weighted by atomic mass is 16.5. The molecule has 0 fully saturated rings. The molecule has 1 aromatic heterocycles. The fourth-order valence-electron chi connectivity index (χ4n) is 2.05. The quantitative estimate of drug-likeness (QED) is 0.526. The Bertz CT molecular complexity index is 454. The van der Waals surface area contributed by atoms with Crippen LogP contribution in [0.5, 0.6) is 0 Å². The Morgan fingerprint density at radius 3 is 2.78 bits per heavy atom. The average Bonchev–Trinajstić information content (AvgIpc) is 2.80. The van der Waals surface area contributed by atoms with Gasteiger partial charge < -0.3 is 9.15 Å². The summed E-state index contributed by atoms with van der Waals surface area (Å²) in [6.45, 7) is 1.04. The number of furan rings is 1. The molecule has 0 aliphatic heterocycles. The molecule has 2 aromatic rings. The lowest BCUT2D eigenvalue weighted by atomic mass is 10.1. The summed E-state index contributed by atoms with van der Waals surface area (Å²) in [5, 5.41) is 1.17. The first-order chi connectivity index (χ1) is 8.90. The highest BCUT2D eigenvalue weighted by molar-refractivity contribution is 5.77. The summed E-state index contributed by atoms with van der Waals surface area (Å²) < 4.78 is 10.4.